The maximum absolute atomic E-state index is 12.8. The third-order valence-corrected chi connectivity index (χ3v) is 5.72. The van der Waals surface area contributed by atoms with Gasteiger partial charge in [-0.05, 0) is 59.0 Å². The second-order valence-electron chi connectivity index (χ2n) is 6.09. The summed E-state index contributed by atoms with van der Waals surface area (Å²) in [6, 6.07) is 24.7. The molecule has 0 aliphatic rings. The molecule has 1 amide bonds. The maximum Gasteiger partial charge on any atom is 0.256 e. The van der Waals surface area contributed by atoms with Gasteiger partial charge in [0.15, 0.2) is 5.82 Å². The molecule has 8 heteroatoms. The first-order valence-corrected chi connectivity index (χ1v) is 10.6. The van der Waals surface area contributed by atoms with Crippen LogP contribution < -0.4 is 5.32 Å². The largest absolute Gasteiger partial charge is 0.322 e. The van der Waals surface area contributed by atoms with Crippen LogP contribution in [0.2, 0.25) is 0 Å². The quantitative estimate of drug-likeness (QED) is 0.407. The highest BCUT2D eigenvalue weighted by molar-refractivity contribution is 9.10. The van der Waals surface area contributed by atoms with Crippen molar-refractivity contribution in [3.05, 3.63) is 94.7 Å². The molecule has 0 radical (unpaired) electrons. The minimum absolute atomic E-state index is 0.155. The van der Waals surface area contributed by atoms with Crippen LogP contribution in [0.5, 0.6) is 0 Å². The van der Waals surface area contributed by atoms with Crippen LogP contribution in [0.15, 0.2) is 88.2 Å². The van der Waals surface area contributed by atoms with Crippen molar-refractivity contribution >= 4 is 39.3 Å². The Morgan fingerprint density at radius 1 is 0.966 bits per heavy atom. The Kier molecular flexibility index (Phi) is 6.02. The number of thioether (sulfide) groups is 1. The third kappa shape index (κ3) is 4.72. The molecule has 4 rings (SSSR count). The number of carbonyl (C=O) groups is 1. The summed E-state index contributed by atoms with van der Waals surface area (Å²) in [6.45, 7) is 0. The van der Waals surface area contributed by atoms with Crippen molar-refractivity contribution in [1.29, 1.82) is 0 Å². The van der Waals surface area contributed by atoms with Crippen LogP contribution in [0.4, 0.5) is 5.69 Å². The van der Waals surface area contributed by atoms with Gasteiger partial charge >= 0.3 is 0 Å². The van der Waals surface area contributed by atoms with Crippen LogP contribution in [-0.4, -0.2) is 26.1 Å². The number of nitrogens with one attached hydrogen (secondary N) is 1. The van der Waals surface area contributed by atoms with Gasteiger partial charge in [0, 0.05) is 15.1 Å². The van der Waals surface area contributed by atoms with Crippen LogP contribution in [0.25, 0.3) is 5.69 Å². The minimum atomic E-state index is -0.155. The van der Waals surface area contributed by atoms with E-state index in [0.29, 0.717) is 17.1 Å². The summed E-state index contributed by atoms with van der Waals surface area (Å²) in [7, 11) is 0. The average molecular weight is 466 g/mol. The zero-order valence-electron chi connectivity index (χ0n) is 15.2. The Hall–Kier alpha value is -2.97. The fourth-order valence-electron chi connectivity index (χ4n) is 2.72. The lowest BCUT2D eigenvalue weighted by Gasteiger charge is -2.10. The second kappa shape index (κ2) is 9.02. The van der Waals surface area contributed by atoms with Gasteiger partial charge in [-0.3, -0.25) is 4.79 Å². The summed E-state index contributed by atoms with van der Waals surface area (Å²) in [5.41, 5.74) is 2.25. The zero-order valence-corrected chi connectivity index (χ0v) is 17.6. The highest BCUT2D eigenvalue weighted by atomic mass is 79.9. The van der Waals surface area contributed by atoms with Gasteiger partial charge in [0.1, 0.15) is 0 Å². The molecule has 0 aliphatic carbocycles. The molecule has 1 aromatic heterocycles. The molecule has 0 bridgehead atoms. The number of hydrogen-bond donors (Lipinski definition) is 1. The van der Waals surface area contributed by atoms with E-state index in [9.17, 15) is 4.79 Å². The maximum atomic E-state index is 12.8. The molecular weight excluding hydrogens is 450 g/mol. The third-order valence-electron chi connectivity index (χ3n) is 4.13. The van der Waals surface area contributed by atoms with Crippen LogP contribution in [0.3, 0.4) is 0 Å². The fourth-order valence-corrected chi connectivity index (χ4v) is 3.94. The number of tetrazole rings is 1. The number of hydrogen-bond acceptors (Lipinski definition) is 5. The molecule has 0 aliphatic heterocycles. The summed E-state index contributed by atoms with van der Waals surface area (Å²) in [6.07, 6.45) is 0. The van der Waals surface area contributed by atoms with Gasteiger partial charge in [-0.2, -0.15) is 4.68 Å². The molecule has 1 N–H and O–H groups in total. The van der Waals surface area contributed by atoms with Gasteiger partial charge < -0.3 is 5.32 Å². The van der Waals surface area contributed by atoms with E-state index in [1.54, 1.807) is 4.68 Å². The summed E-state index contributed by atoms with van der Waals surface area (Å²) in [5.74, 6) is 1.09. The van der Waals surface area contributed by atoms with Crippen molar-refractivity contribution in [3.63, 3.8) is 0 Å². The average Bonchev–Trinajstić information content (AvgIpc) is 3.23. The molecule has 0 spiro atoms. The van der Waals surface area contributed by atoms with Crippen molar-refractivity contribution in [1.82, 2.24) is 20.2 Å². The van der Waals surface area contributed by atoms with E-state index >= 15 is 0 Å². The second-order valence-corrected chi connectivity index (χ2v) is 8.02. The number of aromatic nitrogens is 4. The SMILES string of the molecule is O=C(Nc1ccc(Br)cc1)c1ccccc1SCc1nnnn1-c1ccccc1. The van der Waals surface area contributed by atoms with Crippen molar-refractivity contribution in [3.8, 4) is 5.69 Å². The van der Waals surface area contributed by atoms with E-state index in [2.05, 4.69) is 36.8 Å². The minimum Gasteiger partial charge on any atom is -0.322 e. The molecule has 0 saturated carbocycles. The lowest BCUT2D eigenvalue weighted by atomic mass is 10.2. The van der Waals surface area contributed by atoms with E-state index in [0.717, 1.165) is 20.7 Å². The number of carbonyl (C=O) groups excluding carboxylic acids is 1. The molecule has 3 aromatic carbocycles. The number of rotatable bonds is 6. The van der Waals surface area contributed by atoms with E-state index in [1.807, 2.05) is 78.9 Å². The number of anilines is 1. The van der Waals surface area contributed by atoms with Gasteiger partial charge in [0.2, 0.25) is 0 Å². The normalized spacial score (nSPS) is 10.7. The Labute approximate surface area is 180 Å². The van der Waals surface area contributed by atoms with E-state index in [4.69, 9.17) is 0 Å². The Bertz CT molecular complexity index is 1120. The molecule has 0 atom stereocenters. The molecule has 0 unspecified atom stereocenters. The smallest absolute Gasteiger partial charge is 0.256 e. The molecule has 0 fully saturated rings. The first-order chi connectivity index (χ1) is 14.2. The summed E-state index contributed by atoms with van der Waals surface area (Å²) < 4.78 is 2.67. The van der Waals surface area contributed by atoms with Gasteiger partial charge in [0.05, 0.1) is 17.0 Å². The lowest BCUT2D eigenvalue weighted by molar-refractivity contribution is 0.102. The summed E-state index contributed by atoms with van der Waals surface area (Å²) in [4.78, 5) is 13.7. The molecule has 1 heterocycles. The van der Waals surface area contributed by atoms with Crippen molar-refractivity contribution in [2.45, 2.75) is 10.6 Å². The topological polar surface area (TPSA) is 72.7 Å². The van der Waals surface area contributed by atoms with Gasteiger partial charge in [-0.25, -0.2) is 0 Å². The van der Waals surface area contributed by atoms with Crippen LogP contribution in [0, 0.1) is 0 Å². The van der Waals surface area contributed by atoms with E-state index < -0.39 is 0 Å². The summed E-state index contributed by atoms with van der Waals surface area (Å²) >= 11 is 4.92. The van der Waals surface area contributed by atoms with Crippen molar-refractivity contribution in [2.75, 3.05) is 5.32 Å². The number of nitrogens with zero attached hydrogens (tertiary/aromatic N) is 4. The van der Waals surface area contributed by atoms with Crippen LogP contribution >= 0.6 is 27.7 Å². The highest BCUT2D eigenvalue weighted by Gasteiger charge is 2.14. The first-order valence-electron chi connectivity index (χ1n) is 8.82. The lowest BCUT2D eigenvalue weighted by Crippen LogP contribution is -2.13. The van der Waals surface area contributed by atoms with E-state index in [1.165, 1.54) is 11.8 Å². The molecule has 6 nitrogen and oxygen atoms in total. The predicted molar refractivity (Wildman–Crippen MR) is 117 cm³/mol. The van der Waals surface area contributed by atoms with Crippen molar-refractivity contribution < 1.29 is 4.79 Å². The monoisotopic (exact) mass is 465 g/mol. The molecule has 144 valence electrons. The molecule has 4 aromatic rings. The van der Waals surface area contributed by atoms with Gasteiger partial charge in [0.25, 0.3) is 5.91 Å². The van der Waals surface area contributed by atoms with Crippen LogP contribution in [0.1, 0.15) is 16.2 Å². The number of benzene rings is 3. The Morgan fingerprint density at radius 3 is 2.48 bits per heavy atom. The fraction of sp³-hybridized carbons (Fsp3) is 0.0476. The molecular formula is C21H16BrN5OS. The molecule has 29 heavy (non-hydrogen) atoms. The number of halogens is 1. The Balaban J connectivity index is 1.50. The van der Waals surface area contributed by atoms with Crippen molar-refractivity contribution in [2.24, 2.45) is 0 Å². The van der Waals surface area contributed by atoms with E-state index in [-0.39, 0.29) is 5.91 Å². The van der Waals surface area contributed by atoms with Gasteiger partial charge in [-0.1, -0.05) is 46.3 Å². The first kappa shape index (κ1) is 19.4. The molecule has 0 saturated heterocycles. The number of amides is 1. The number of para-hydroxylation sites is 1. The summed E-state index contributed by atoms with van der Waals surface area (Å²) in [5, 5.41) is 14.9. The predicted octanol–water partition coefficient (Wildman–Crippen LogP) is 4.97. The van der Waals surface area contributed by atoms with Gasteiger partial charge in [-0.15, -0.1) is 16.9 Å². The zero-order chi connectivity index (χ0) is 20.1. The standard InChI is InChI=1S/C21H16BrN5OS/c22-15-10-12-16(13-11-15)23-21(28)18-8-4-5-9-19(18)29-14-20-24-25-26-27(20)17-6-2-1-3-7-17/h1-13H,14H2,(H,23,28). The highest BCUT2D eigenvalue weighted by Crippen LogP contribution is 2.27. The van der Waals surface area contributed by atoms with Crippen LogP contribution in [-0.2, 0) is 5.75 Å². The Morgan fingerprint density at radius 2 is 1.69 bits per heavy atom.